The van der Waals surface area contributed by atoms with Gasteiger partial charge < -0.3 is 9.84 Å². The fraction of sp³-hybridized carbons (Fsp3) is 0.250. The minimum Gasteiger partial charge on any atom is -0.504 e. The van der Waals surface area contributed by atoms with E-state index in [1.165, 1.54) is 6.07 Å². The molecule has 0 radical (unpaired) electrons. The largest absolute Gasteiger partial charge is 0.504 e. The smallest absolute Gasteiger partial charge is 0.199 e. The van der Waals surface area contributed by atoms with Crippen LogP contribution >= 0.6 is 11.6 Å². The molecule has 2 aromatic rings. The predicted molar refractivity (Wildman–Crippen MR) is 81.2 cm³/mol. The van der Waals surface area contributed by atoms with Gasteiger partial charge in [0.15, 0.2) is 17.3 Å². The average molecular weight is 306 g/mol. The van der Waals surface area contributed by atoms with Crippen LogP contribution in [0.4, 0.5) is 0 Å². The monoisotopic (exact) mass is 305 g/mol. The van der Waals surface area contributed by atoms with E-state index in [1.54, 1.807) is 36.5 Å². The lowest BCUT2D eigenvalue weighted by Gasteiger charge is -2.11. The van der Waals surface area contributed by atoms with Crippen LogP contribution in [0.5, 0.6) is 11.5 Å². The summed E-state index contributed by atoms with van der Waals surface area (Å²) in [5, 5.41) is 8.94. The normalized spacial score (nSPS) is 11.9. The van der Waals surface area contributed by atoms with Crippen molar-refractivity contribution >= 4 is 17.4 Å². The van der Waals surface area contributed by atoms with Crippen LogP contribution in [0.3, 0.4) is 0 Å². The number of hydrogen-bond acceptors (Lipinski definition) is 4. The Bertz CT molecular complexity index is 616. The fourth-order valence-corrected chi connectivity index (χ4v) is 2.22. The highest BCUT2D eigenvalue weighted by Gasteiger charge is 2.19. The van der Waals surface area contributed by atoms with Gasteiger partial charge in [-0.15, -0.1) is 11.6 Å². The third-order valence-corrected chi connectivity index (χ3v) is 3.29. The molecule has 0 bridgehead atoms. The number of benzene rings is 1. The lowest BCUT2D eigenvalue weighted by Crippen LogP contribution is -2.18. The Balaban J connectivity index is 2.11. The average Bonchev–Trinajstić information content (AvgIpc) is 2.51. The molecule has 21 heavy (non-hydrogen) atoms. The number of carbonyl (C=O) groups excluding carboxylic acids is 1. The number of rotatable bonds is 6. The SMILES string of the molecule is CCOc1cc(CC(Cl)C(=O)c2ccccn2)ccc1O. The van der Waals surface area contributed by atoms with Crippen molar-refractivity contribution < 1.29 is 14.6 Å². The predicted octanol–water partition coefficient (Wildman–Crippen LogP) is 3.22. The first-order chi connectivity index (χ1) is 10.1. The summed E-state index contributed by atoms with van der Waals surface area (Å²) < 4.78 is 5.31. The second kappa shape index (κ2) is 7.09. The number of phenolic OH excluding ortho intramolecular Hbond substituents is 1. The van der Waals surface area contributed by atoms with Crippen molar-refractivity contribution in [2.24, 2.45) is 0 Å². The number of alkyl halides is 1. The number of aromatic nitrogens is 1. The third kappa shape index (κ3) is 3.95. The van der Waals surface area contributed by atoms with Gasteiger partial charge in [-0.2, -0.15) is 0 Å². The van der Waals surface area contributed by atoms with Gasteiger partial charge in [0.05, 0.1) is 6.61 Å². The lowest BCUT2D eigenvalue weighted by atomic mass is 10.0. The van der Waals surface area contributed by atoms with E-state index in [0.29, 0.717) is 24.5 Å². The van der Waals surface area contributed by atoms with Gasteiger partial charge in [-0.3, -0.25) is 9.78 Å². The minimum atomic E-state index is -0.709. The quantitative estimate of drug-likeness (QED) is 0.657. The molecule has 1 atom stereocenters. The molecular weight excluding hydrogens is 290 g/mol. The second-order valence-electron chi connectivity index (χ2n) is 4.49. The van der Waals surface area contributed by atoms with Gasteiger partial charge in [-0.05, 0) is 43.2 Å². The maximum absolute atomic E-state index is 12.2. The Morgan fingerprint density at radius 1 is 1.38 bits per heavy atom. The summed E-state index contributed by atoms with van der Waals surface area (Å²) in [6.45, 7) is 2.29. The highest BCUT2D eigenvalue weighted by Crippen LogP contribution is 2.28. The molecular formula is C16H16ClNO3. The van der Waals surface area contributed by atoms with Crippen LogP contribution in [0.1, 0.15) is 23.0 Å². The van der Waals surface area contributed by atoms with Gasteiger partial charge in [0.2, 0.25) is 0 Å². The molecule has 1 aromatic carbocycles. The molecule has 0 saturated carbocycles. The van der Waals surface area contributed by atoms with E-state index in [9.17, 15) is 9.90 Å². The van der Waals surface area contributed by atoms with Crippen molar-refractivity contribution in [1.82, 2.24) is 4.98 Å². The van der Waals surface area contributed by atoms with Crippen LogP contribution in [-0.4, -0.2) is 27.9 Å². The summed E-state index contributed by atoms with van der Waals surface area (Å²) in [6.07, 6.45) is 1.90. The number of nitrogens with zero attached hydrogens (tertiary/aromatic N) is 1. The number of pyridine rings is 1. The van der Waals surface area contributed by atoms with Gasteiger partial charge in [0.25, 0.3) is 0 Å². The molecule has 1 N–H and O–H groups in total. The van der Waals surface area contributed by atoms with E-state index in [-0.39, 0.29) is 11.5 Å². The van der Waals surface area contributed by atoms with Gasteiger partial charge >= 0.3 is 0 Å². The molecule has 0 aliphatic rings. The van der Waals surface area contributed by atoms with Crippen molar-refractivity contribution in [3.05, 3.63) is 53.9 Å². The Hall–Kier alpha value is -2.07. The first-order valence-corrected chi connectivity index (χ1v) is 7.09. The molecule has 4 nitrogen and oxygen atoms in total. The van der Waals surface area contributed by atoms with E-state index in [1.807, 2.05) is 6.92 Å². The molecule has 1 heterocycles. The molecule has 1 aromatic heterocycles. The van der Waals surface area contributed by atoms with Crippen LogP contribution in [0.15, 0.2) is 42.6 Å². The molecule has 0 amide bonds. The third-order valence-electron chi connectivity index (χ3n) is 2.94. The molecule has 0 aliphatic carbocycles. The Labute approximate surface area is 128 Å². The first kappa shape index (κ1) is 15.3. The summed E-state index contributed by atoms with van der Waals surface area (Å²) >= 11 is 6.18. The van der Waals surface area contributed by atoms with Gasteiger partial charge in [-0.25, -0.2) is 0 Å². The molecule has 1 unspecified atom stereocenters. The molecule has 5 heteroatoms. The Kier molecular flexibility index (Phi) is 5.17. The summed E-state index contributed by atoms with van der Waals surface area (Å²) in [5.41, 5.74) is 1.17. The molecule has 0 fully saturated rings. The van der Waals surface area contributed by atoms with Gasteiger partial charge in [0, 0.05) is 6.20 Å². The van der Waals surface area contributed by atoms with Crippen molar-refractivity contribution in [2.45, 2.75) is 18.7 Å². The number of Topliss-reactive ketones (excluding diaryl/α,β-unsaturated/α-hetero) is 1. The van der Waals surface area contributed by atoms with Gasteiger partial charge in [0.1, 0.15) is 11.1 Å². The first-order valence-electron chi connectivity index (χ1n) is 6.65. The van der Waals surface area contributed by atoms with E-state index in [0.717, 1.165) is 5.56 Å². The van der Waals surface area contributed by atoms with Crippen molar-refractivity contribution in [3.63, 3.8) is 0 Å². The Morgan fingerprint density at radius 2 is 2.19 bits per heavy atom. The van der Waals surface area contributed by atoms with Crippen LogP contribution in [-0.2, 0) is 6.42 Å². The molecule has 110 valence electrons. The molecule has 0 spiro atoms. The fourth-order valence-electron chi connectivity index (χ4n) is 1.93. The van der Waals surface area contributed by atoms with Crippen molar-refractivity contribution in [2.75, 3.05) is 6.61 Å². The van der Waals surface area contributed by atoms with E-state index >= 15 is 0 Å². The number of ketones is 1. The number of hydrogen-bond donors (Lipinski definition) is 1. The molecule has 0 aliphatic heterocycles. The number of halogens is 1. The zero-order valence-corrected chi connectivity index (χ0v) is 12.4. The van der Waals surface area contributed by atoms with Crippen LogP contribution < -0.4 is 4.74 Å². The molecule has 0 saturated heterocycles. The number of phenols is 1. The summed E-state index contributed by atoms with van der Waals surface area (Å²) in [4.78, 5) is 16.2. The summed E-state index contributed by atoms with van der Waals surface area (Å²) in [5.74, 6) is 0.246. The van der Waals surface area contributed by atoms with Crippen LogP contribution in [0.25, 0.3) is 0 Å². The van der Waals surface area contributed by atoms with Crippen LogP contribution in [0.2, 0.25) is 0 Å². The highest BCUT2D eigenvalue weighted by molar-refractivity contribution is 6.33. The second-order valence-corrected chi connectivity index (χ2v) is 5.01. The van der Waals surface area contributed by atoms with E-state index in [2.05, 4.69) is 4.98 Å². The minimum absolute atomic E-state index is 0.0720. The molecule has 2 rings (SSSR count). The van der Waals surface area contributed by atoms with Crippen molar-refractivity contribution in [3.8, 4) is 11.5 Å². The highest BCUT2D eigenvalue weighted by atomic mass is 35.5. The van der Waals surface area contributed by atoms with E-state index in [4.69, 9.17) is 16.3 Å². The lowest BCUT2D eigenvalue weighted by molar-refractivity contribution is 0.0982. The Morgan fingerprint density at radius 3 is 2.86 bits per heavy atom. The zero-order chi connectivity index (χ0) is 15.2. The summed E-state index contributed by atoms with van der Waals surface area (Å²) in [7, 11) is 0. The van der Waals surface area contributed by atoms with Crippen molar-refractivity contribution in [1.29, 1.82) is 0 Å². The number of ether oxygens (including phenoxy) is 1. The standard InChI is InChI=1S/C16H16ClNO3/c1-2-21-15-10-11(6-7-14(15)19)9-12(17)16(20)13-5-3-4-8-18-13/h3-8,10,12,19H,2,9H2,1H3. The maximum Gasteiger partial charge on any atom is 0.199 e. The topological polar surface area (TPSA) is 59.4 Å². The number of aromatic hydroxyl groups is 1. The zero-order valence-electron chi connectivity index (χ0n) is 11.6. The summed E-state index contributed by atoms with van der Waals surface area (Å²) in [6, 6.07) is 10.1. The number of carbonyl (C=O) groups is 1. The van der Waals surface area contributed by atoms with Crippen LogP contribution in [0, 0.1) is 0 Å². The van der Waals surface area contributed by atoms with Gasteiger partial charge in [-0.1, -0.05) is 12.1 Å². The van der Waals surface area contributed by atoms with E-state index < -0.39 is 5.38 Å². The maximum atomic E-state index is 12.2.